The summed E-state index contributed by atoms with van der Waals surface area (Å²) in [6.07, 6.45) is 1.57. The molecule has 0 radical (unpaired) electrons. The molecule has 112 valence electrons. The maximum atomic E-state index is 11.9. The van der Waals surface area contributed by atoms with Gasteiger partial charge in [0.1, 0.15) is 0 Å². The van der Waals surface area contributed by atoms with Crippen molar-refractivity contribution in [1.29, 1.82) is 0 Å². The summed E-state index contributed by atoms with van der Waals surface area (Å²) in [6, 6.07) is -0.464. The van der Waals surface area contributed by atoms with Gasteiger partial charge in [0.05, 0.1) is 6.54 Å². The van der Waals surface area contributed by atoms with Crippen LogP contribution in [0.15, 0.2) is 12.7 Å². The maximum Gasteiger partial charge on any atom is 0.321 e. The third kappa shape index (κ3) is 3.02. The summed E-state index contributed by atoms with van der Waals surface area (Å²) in [7, 11) is 0. The number of hydrogen-bond acceptors (Lipinski definition) is 4. The normalized spacial score (nSPS) is 27.9. The van der Waals surface area contributed by atoms with Gasteiger partial charge in [0.15, 0.2) is 0 Å². The minimum atomic E-state index is -0.464. The Bertz CT molecular complexity index is 408. The lowest BCUT2D eigenvalue weighted by molar-refractivity contribution is -0.122. The minimum absolute atomic E-state index is 0.0108. The molecule has 2 saturated heterocycles. The van der Waals surface area contributed by atoms with Crippen LogP contribution in [0.5, 0.6) is 0 Å². The molecule has 0 aromatic heterocycles. The van der Waals surface area contributed by atoms with E-state index >= 15 is 0 Å². The van der Waals surface area contributed by atoms with E-state index in [0.717, 1.165) is 19.6 Å². The number of nitrogens with zero attached hydrogens (tertiary/aromatic N) is 1. The monoisotopic (exact) mass is 280 g/mol. The molecule has 2 fully saturated rings. The van der Waals surface area contributed by atoms with Crippen LogP contribution < -0.4 is 16.0 Å². The van der Waals surface area contributed by atoms with Gasteiger partial charge >= 0.3 is 6.03 Å². The Balaban J connectivity index is 1.85. The third-order valence-corrected chi connectivity index (χ3v) is 4.51. The molecule has 2 aliphatic rings. The second kappa shape index (κ2) is 5.93. The highest BCUT2D eigenvalue weighted by Gasteiger charge is 2.49. The highest BCUT2D eigenvalue weighted by atomic mass is 16.2. The van der Waals surface area contributed by atoms with Gasteiger partial charge in [-0.25, -0.2) is 4.79 Å². The molecule has 2 rings (SSSR count). The average molecular weight is 280 g/mol. The number of nitrogens with one attached hydrogen (secondary N) is 3. The molecule has 2 unspecified atom stereocenters. The third-order valence-electron chi connectivity index (χ3n) is 4.51. The van der Waals surface area contributed by atoms with Gasteiger partial charge in [-0.15, -0.1) is 6.58 Å². The van der Waals surface area contributed by atoms with E-state index in [-0.39, 0.29) is 18.0 Å². The fourth-order valence-electron chi connectivity index (χ4n) is 3.32. The number of carbonyl (C=O) groups excluding carboxylic acids is 2. The fourth-order valence-corrected chi connectivity index (χ4v) is 3.32. The Labute approximate surface area is 120 Å². The van der Waals surface area contributed by atoms with E-state index in [0.29, 0.717) is 18.4 Å². The molecule has 2 atom stereocenters. The largest absolute Gasteiger partial charge is 0.334 e. The molecule has 0 spiro atoms. The summed E-state index contributed by atoms with van der Waals surface area (Å²) in [5.74, 6) is 0.921. The van der Waals surface area contributed by atoms with Crippen LogP contribution in [-0.4, -0.2) is 55.1 Å². The first-order valence-corrected chi connectivity index (χ1v) is 7.09. The van der Waals surface area contributed by atoms with Crippen molar-refractivity contribution >= 4 is 11.9 Å². The van der Waals surface area contributed by atoms with Gasteiger partial charge in [-0.2, -0.15) is 0 Å². The molecule has 2 heterocycles. The highest BCUT2D eigenvalue weighted by Crippen LogP contribution is 2.40. The van der Waals surface area contributed by atoms with Crippen LogP contribution in [0.4, 0.5) is 4.79 Å². The molecule has 0 aromatic carbocycles. The number of carbonyl (C=O) groups is 2. The molecule has 20 heavy (non-hydrogen) atoms. The molecular weight excluding hydrogens is 256 g/mol. The lowest BCUT2D eigenvalue weighted by Gasteiger charge is -2.35. The van der Waals surface area contributed by atoms with E-state index in [1.54, 1.807) is 6.08 Å². The van der Waals surface area contributed by atoms with E-state index in [1.165, 1.54) is 0 Å². The molecule has 6 heteroatoms. The molecule has 3 amide bonds. The smallest absolute Gasteiger partial charge is 0.321 e. The highest BCUT2D eigenvalue weighted by molar-refractivity contribution is 5.95. The second-order valence-electron chi connectivity index (χ2n) is 6.11. The van der Waals surface area contributed by atoms with Crippen LogP contribution in [0.3, 0.4) is 0 Å². The van der Waals surface area contributed by atoms with E-state index in [2.05, 4.69) is 41.3 Å². The first-order chi connectivity index (χ1) is 9.45. The summed E-state index contributed by atoms with van der Waals surface area (Å²) in [6.45, 7) is 11.4. The topological polar surface area (TPSA) is 73.5 Å². The lowest BCUT2D eigenvalue weighted by Crippen LogP contribution is -2.50. The molecule has 0 saturated carbocycles. The fraction of sp³-hybridized carbons (Fsp3) is 0.714. The van der Waals surface area contributed by atoms with Crippen LogP contribution in [0, 0.1) is 11.8 Å². The predicted octanol–water partition coefficient (Wildman–Crippen LogP) is -0.0720. The maximum absolute atomic E-state index is 11.9. The minimum Gasteiger partial charge on any atom is -0.334 e. The Morgan fingerprint density at radius 2 is 2.20 bits per heavy atom. The zero-order valence-electron chi connectivity index (χ0n) is 12.2. The Hall–Kier alpha value is -1.40. The number of fused-ring (bicyclic) bond motifs is 1. The van der Waals surface area contributed by atoms with Crippen LogP contribution in [-0.2, 0) is 4.79 Å². The van der Waals surface area contributed by atoms with Crippen LogP contribution in [0.1, 0.15) is 13.8 Å². The zero-order chi connectivity index (χ0) is 14.8. The van der Waals surface area contributed by atoms with Gasteiger partial charge in [-0.05, 0) is 32.2 Å². The Kier molecular flexibility index (Phi) is 4.45. The molecule has 2 aliphatic heterocycles. The lowest BCUT2D eigenvalue weighted by atomic mass is 9.85. The summed E-state index contributed by atoms with van der Waals surface area (Å²) in [5.41, 5.74) is -0.0108. The molecule has 0 aliphatic carbocycles. The predicted molar refractivity (Wildman–Crippen MR) is 77.2 cm³/mol. The first kappa shape index (κ1) is 15.0. The van der Waals surface area contributed by atoms with E-state index in [4.69, 9.17) is 0 Å². The van der Waals surface area contributed by atoms with Crippen LogP contribution >= 0.6 is 0 Å². The SMILES string of the molecule is C=CCNC(=O)NC(=O)CN1CC2CNCC2C1(C)C. The van der Waals surface area contributed by atoms with E-state index in [1.807, 2.05) is 0 Å². The van der Waals surface area contributed by atoms with Gasteiger partial charge < -0.3 is 10.6 Å². The van der Waals surface area contributed by atoms with Crippen molar-refractivity contribution in [2.75, 3.05) is 32.7 Å². The number of amides is 3. The van der Waals surface area contributed by atoms with Crippen molar-refractivity contribution in [3.63, 3.8) is 0 Å². The van der Waals surface area contributed by atoms with Crippen LogP contribution in [0.25, 0.3) is 0 Å². The van der Waals surface area contributed by atoms with Crippen molar-refractivity contribution in [2.45, 2.75) is 19.4 Å². The quantitative estimate of drug-likeness (QED) is 0.630. The van der Waals surface area contributed by atoms with Crippen molar-refractivity contribution in [3.8, 4) is 0 Å². The summed E-state index contributed by atoms with van der Waals surface area (Å²) in [4.78, 5) is 25.5. The van der Waals surface area contributed by atoms with Crippen molar-refractivity contribution < 1.29 is 9.59 Å². The standard InChI is InChI=1S/C14H24N4O2/c1-4-5-16-13(20)17-12(19)9-18-8-10-6-15-7-11(10)14(18,2)3/h4,10-11,15H,1,5-9H2,2-3H3,(H2,16,17,19,20). The number of likely N-dealkylation sites (tertiary alicyclic amines) is 1. The van der Waals surface area contributed by atoms with Gasteiger partial charge in [-0.3, -0.25) is 15.0 Å². The second-order valence-corrected chi connectivity index (χ2v) is 6.11. The molecule has 6 nitrogen and oxygen atoms in total. The van der Waals surface area contributed by atoms with E-state index in [9.17, 15) is 9.59 Å². The number of hydrogen-bond donors (Lipinski definition) is 3. The number of imide groups is 1. The van der Waals surface area contributed by atoms with Gasteiger partial charge in [-0.1, -0.05) is 6.08 Å². The average Bonchev–Trinajstić information content (AvgIpc) is 2.91. The van der Waals surface area contributed by atoms with Gasteiger partial charge in [0.25, 0.3) is 0 Å². The molecule has 0 aromatic rings. The van der Waals surface area contributed by atoms with Crippen molar-refractivity contribution in [2.24, 2.45) is 11.8 Å². The summed E-state index contributed by atoms with van der Waals surface area (Å²) in [5, 5.41) is 8.29. The van der Waals surface area contributed by atoms with E-state index < -0.39 is 6.03 Å². The molecular formula is C14H24N4O2. The Morgan fingerprint density at radius 3 is 2.85 bits per heavy atom. The van der Waals surface area contributed by atoms with Crippen molar-refractivity contribution in [3.05, 3.63) is 12.7 Å². The number of urea groups is 1. The summed E-state index contributed by atoms with van der Waals surface area (Å²) < 4.78 is 0. The molecule has 0 bridgehead atoms. The van der Waals surface area contributed by atoms with Crippen molar-refractivity contribution in [1.82, 2.24) is 20.9 Å². The summed E-state index contributed by atoms with van der Waals surface area (Å²) >= 11 is 0. The van der Waals surface area contributed by atoms with Gasteiger partial charge in [0, 0.05) is 25.2 Å². The van der Waals surface area contributed by atoms with Gasteiger partial charge in [0.2, 0.25) is 5.91 Å². The Morgan fingerprint density at radius 1 is 1.45 bits per heavy atom. The number of rotatable bonds is 4. The molecule has 3 N–H and O–H groups in total. The first-order valence-electron chi connectivity index (χ1n) is 7.09. The zero-order valence-corrected chi connectivity index (χ0v) is 12.2. The van der Waals surface area contributed by atoms with Crippen LogP contribution in [0.2, 0.25) is 0 Å².